The molecule has 0 aliphatic heterocycles. The minimum atomic E-state index is 0.0280. The molecule has 1 heterocycles. The number of hydrogen-bond acceptors (Lipinski definition) is 4. The van der Waals surface area contributed by atoms with Crippen molar-refractivity contribution in [2.45, 2.75) is 39.8 Å². The van der Waals surface area contributed by atoms with Crippen LogP contribution < -0.4 is 10.1 Å². The number of oxazole rings is 1. The van der Waals surface area contributed by atoms with Gasteiger partial charge in [0, 0.05) is 12.1 Å². The van der Waals surface area contributed by atoms with E-state index in [-0.39, 0.29) is 11.6 Å². The molecule has 20 heavy (non-hydrogen) atoms. The molecule has 0 fully saturated rings. The van der Waals surface area contributed by atoms with Crippen molar-refractivity contribution in [3.8, 4) is 11.8 Å². The van der Waals surface area contributed by atoms with E-state index in [9.17, 15) is 0 Å². The number of rotatable bonds is 4. The van der Waals surface area contributed by atoms with E-state index in [1.807, 2.05) is 19.1 Å². The predicted octanol–water partition coefficient (Wildman–Crippen LogP) is 4.32. The van der Waals surface area contributed by atoms with Crippen LogP contribution in [0, 0.1) is 6.92 Å². The van der Waals surface area contributed by atoms with Crippen LogP contribution in [0.15, 0.2) is 28.9 Å². The van der Waals surface area contributed by atoms with Crippen LogP contribution in [0.25, 0.3) is 0 Å². The monoisotopic (exact) mass is 294 g/mol. The van der Waals surface area contributed by atoms with E-state index >= 15 is 0 Å². The summed E-state index contributed by atoms with van der Waals surface area (Å²) in [6, 6.07) is 5.56. The molecule has 0 radical (unpaired) electrons. The second-order valence-corrected chi connectivity index (χ2v) is 6.15. The van der Waals surface area contributed by atoms with Gasteiger partial charge in [0.25, 0.3) is 0 Å². The lowest BCUT2D eigenvalue weighted by atomic mass is 10.1. The molecular formula is C15H19ClN2O2. The first-order chi connectivity index (χ1) is 9.33. The van der Waals surface area contributed by atoms with Gasteiger partial charge in [0.05, 0.1) is 10.7 Å². The minimum Gasteiger partial charge on any atom is -0.417 e. The van der Waals surface area contributed by atoms with Crippen molar-refractivity contribution in [2.75, 3.05) is 0 Å². The summed E-state index contributed by atoms with van der Waals surface area (Å²) in [5, 5.41) is 3.87. The van der Waals surface area contributed by atoms with Gasteiger partial charge in [-0.2, -0.15) is 4.98 Å². The summed E-state index contributed by atoms with van der Waals surface area (Å²) in [4.78, 5) is 4.26. The third kappa shape index (κ3) is 4.25. The van der Waals surface area contributed by atoms with Gasteiger partial charge >= 0.3 is 6.08 Å². The molecule has 0 saturated heterocycles. The summed E-state index contributed by atoms with van der Waals surface area (Å²) in [6.45, 7) is 8.87. The van der Waals surface area contributed by atoms with Crippen LogP contribution in [0.4, 0.5) is 0 Å². The zero-order valence-electron chi connectivity index (χ0n) is 12.2. The Morgan fingerprint density at radius 2 is 2.10 bits per heavy atom. The van der Waals surface area contributed by atoms with Crippen molar-refractivity contribution in [2.24, 2.45) is 0 Å². The second-order valence-electron chi connectivity index (χ2n) is 5.74. The van der Waals surface area contributed by atoms with Gasteiger partial charge in [-0.1, -0.05) is 17.7 Å². The molecule has 0 unspecified atom stereocenters. The molecule has 0 atom stereocenters. The molecule has 108 valence electrons. The first kappa shape index (κ1) is 14.9. The van der Waals surface area contributed by atoms with Crippen molar-refractivity contribution >= 4 is 11.6 Å². The molecule has 0 saturated carbocycles. The highest BCUT2D eigenvalue weighted by molar-refractivity contribution is 6.32. The number of ether oxygens (including phenoxy) is 1. The molecule has 0 spiro atoms. The first-order valence-electron chi connectivity index (χ1n) is 6.47. The molecule has 2 rings (SSSR count). The fourth-order valence-corrected chi connectivity index (χ4v) is 1.83. The molecule has 0 bridgehead atoms. The summed E-state index contributed by atoms with van der Waals surface area (Å²) in [6.07, 6.45) is 1.78. The molecule has 1 N–H and O–H groups in total. The maximum Gasteiger partial charge on any atom is 0.399 e. The highest BCUT2D eigenvalue weighted by Crippen LogP contribution is 2.29. The maximum atomic E-state index is 6.10. The maximum absolute atomic E-state index is 6.10. The smallest absolute Gasteiger partial charge is 0.399 e. The molecule has 1 aromatic carbocycles. The van der Waals surface area contributed by atoms with Gasteiger partial charge in [-0.3, -0.25) is 0 Å². The largest absolute Gasteiger partial charge is 0.417 e. The van der Waals surface area contributed by atoms with Gasteiger partial charge in [0.15, 0.2) is 5.75 Å². The first-order valence-corrected chi connectivity index (χ1v) is 6.85. The second kappa shape index (κ2) is 5.85. The van der Waals surface area contributed by atoms with Crippen LogP contribution in [0.2, 0.25) is 5.02 Å². The number of halogens is 1. The van der Waals surface area contributed by atoms with E-state index in [1.54, 1.807) is 12.3 Å². The lowest BCUT2D eigenvalue weighted by Crippen LogP contribution is -2.35. The third-order valence-corrected chi connectivity index (χ3v) is 2.91. The normalized spacial score (nSPS) is 11.7. The van der Waals surface area contributed by atoms with Crippen LogP contribution in [-0.4, -0.2) is 10.5 Å². The zero-order valence-corrected chi connectivity index (χ0v) is 12.9. The number of hydrogen-bond donors (Lipinski definition) is 1. The average Bonchev–Trinajstić information content (AvgIpc) is 2.77. The molecular weight excluding hydrogens is 276 g/mol. The van der Waals surface area contributed by atoms with Crippen LogP contribution in [0.3, 0.4) is 0 Å². The number of nitrogens with one attached hydrogen (secondary N) is 1. The molecule has 4 nitrogen and oxygen atoms in total. The fourth-order valence-electron chi connectivity index (χ4n) is 1.55. The van der Waals surface area contributed by atoms with E-state index in [1.165, 1.54) is 0 Å². The predicted molar refractivity (Wildman–Crippen MR) is 79.4 cm³/mol. The van der Waals surface area contributed by atoms with Crippen molar-refractivity contribution < 1.29 is 9.15 Å². The minimum absolute atomic E-state index is 0.0280. The van der Waals surface area contributed by atoms with Gasteiger partial charge in [-0.05, 0) is 45.4 Å². The van der Waals surface area contributed by atoms with Gasteiger partial charge in [-0.25, -0.2) is 0 Å². The summed E-state index contributed by atoms with van der Waals surface area (Å²) >= 11 is 6.10. The Labute approximate surface area is 124 Å². The Balaban J connectivity index is 2.02. The Bertz CT molecular complexity index is 588. The topological polar surface area (TPSA) is 47.3 Å². The Morgan fingerprint density at radius 3 is 2.75 bits per heavy atom. The number of benzene rings is 1. The summed E-state index contributed by atoms with van der Waals surface area (Å²) < 4.78 is 10.8. The third-order valence-electron chi connectivity index (χ3n) is 2.62. The van der Waals surface area contributed by atoms with Crippen molar-refractivity contribution in [1.82, 2.24) is 10.3 Å². The fraction of sp³-hybridized carbons (Fsp3) is 0.400. The van der Waals surface area contributed by atoms with E-state index in [4.69, 9.17) is 20.8 Å². The van der Waals surface area contributed by atoms with Gasteiger partial charge in [-0.15, -0.1) is 0 Å². The van der Waals surface area contributed by atoms with E-state index in [0.29, 0.717) is 17.3 Å². The van der Waals surface area contributed by atoms with E-state index in [2.05, 4.69) is 31.1 Å². The summed E-state index contributed by atoms with van der Waals surface area (Å²) in [7, 11) is 0. The van der Waals surface area contributed by atoms with Crippen molar-refractivity contribution in [3.63, 3.8) is 0 Å². The molecule has 5 heteroatoms. The Kier molecular flexibility index (Phi) is 4.35. The Hall–Kier alpha value is -1.52. The zero-order chi connectivity index (χ0) is 14.8. The highest BCUT2D eigenvalue weighted by atomic mass is 35.5. The van der Waals surface area contributed by atoms with Crippen LogP contribution in [0.1, 0.15) is 32.0 Å². The van der Waals surface area contributed by atoms with Gasteiger partial charge in [0.2, 0.25) is 0 Å². The molecule has 0 amide bonds. The number of aromatic nitrogens is 1. The molecule has 2 aromatic rings. The van der Waals surface area contributed by atoms with Crippen LogP contribution >= 0.6 is 11.6 Å². The van der Waals surface area contributed by atoms with E-state index in [0.717, 1.165) is 11.3 Å². The molecule has 0 aliphatic rings. The average molecular weight is 295 g/mol. The molecule has 0 aliphatic carbocycles. The van der Waals surface area contributed by atoms with Crippen LogP contribution in [0.5, 0.6) is 11.8 Å². The molecule has 1 aromatic heterocycles. The van der Waals surface area contributed by atoms with Gasteiger partial charge < -0.3 is 14.5 Å². The highest BCUT2D eigenvalue weighted by Gasteiger charge is 2.12. The number of nitrogens with zero attached hydrogens (tertiary/aromatic N) is 1. The van der Waals surface area contributed by atoms with Crippen LogP contribution in [-0.2, 0) is 6.54 Å². The quantitative estimate of drug-likeness (QED) is 0.912. The lowest BCUT2D eigenvalue weighted by molar-refractivity contribution is 0.331. The Morgan fingerprint density at radius 1 is 1.35 bits per heavy atom. The standard InChI is InChI=1S/C15H19ClN2O2/c1-10-5-6-13(12(16)7-10)20-14-18-11(9-19-14)8-17-15(2,3)4/h5-7,9,17H,8H2,1-4H3. The lowest BCUT2D eigenvalue weighted by Gasteiger charge is -2.19. The SMILES string of the molecule is Cc1ccc(Oc2nc(CNC(C)(C)C)co2)c(Cl)c1. The van der Waals surface area contributed by atoms with Crippen molar-refractivity contribution in [1.29, 1.82) is 0 Å². The number of aryl methyl sites for hydroxylation is 1. The van der Waals surface area contributed by atoms with Gasteiger partial charge in [0.1, 0.15) is 6.26 Å². The van der Waals surface area contributed by atoms with Crippen molar-refractivity contribution in [3.05, 3.63) is 40.7 Å². The summed E-state index contributed by atoms with van der Waals surface area (Å²) in [5.41, 5.74) is 1.89. The van der Waals surface area contributed by atoms with E-state index < -0.39 is 0 Å². The summed E-state index contributed by atoms with van der Waals surface area (Å²) in [5.74, 6) is 0.537.